The Hall–Kier alpha value is -0.120. The lowest BCUT2D eigenvalue weighted by Gasteiger charge is -2.28. The Labute approximate surface area is 105 Å². The fraction of sp³-hybridized carbons (Fsp3) is 1.00. The average molecular weight is 241 g/mol. The molecule has 0 saturated carbocycles. The van der Waals surface area contributed by atoms with Crippen LogP contribution in [0.5, 0.6) is 0 Å². The van der Waals surface area contributed by atoms with E-state index in [2.05, 4.69) is 12.2 Å². The summed E-state index contributed by atoms with van der Waals surface area (Å²) < 4.78 is 11.2. The molecule has 0 aromatic carbocycles. The highest BCUT2D eigenvalue weighted by atomic mass is 16.5. The molecule has 0 aliphatic carbocycles. The Morgan fingerprint density at radius 2 is 1.94 bits per heavy atom. The molecular formula is C14H27NO2. The van der Waals surface area contributed by atoms with Crippen LogP contribution in [-0.2, 0) is 9.47 Å². The van der Waals surface area contributed by atoms with Crippen molar-refractivity contribution >= 4 is 0 Å². The largest absolute Gasteiger partial charge is 0.381 e. The van der Waals surface area contributed by atoms with Crippen LogP contribution in [-0.4, -0.2) is 38.5 Å². The molecule has 2 unspecified atom stereocenters. The lowest BCUT2D eigenvalue weighted by Crippen LogP contribution is -2.35. The van der Waals surface area contributed by atoms with Crippen molar-refractivity contribution < 1.29 is 9.47 Å². The second kappa shape index (κ2) is 7.34. The van der Waals surface area contributed by atoms with Crippen LogP contribution in [0.3, 0.4) is 0 Å². The summed E-state index contributed by atoms with van der Waals surface area (Å²) in [6.45, 7) is 6.17. The molecule has 1 N–H and O–H groups in total. The molecule has 0 spiro atoms. The predicted molar refractivity (Wildman–Crippen MR) is 69.2 cm³/mol. The standard InChI is InChI=1S/C14H27NO2/c1-2-15-13(11-14-4-3-7-17-14)10-12-5-8-16-9-6-12/h12-15H,2-11H2,1H3. The van der Waals surface area contributed by atoms with E-state index in [1.807, 2.05) is 0 Å². The minimum absolute atomic E-state index is 0.513. The van der Waals surface area contributed by atoms with Crippen molar-refractivity contribution in [1.82, 2.24) is 5.32 Å². The highest BCUT2D eigenvalue weighted by molar-refractivity contribution is 4.78. The summed E-state index contributed by atoms with van der Waals surface area (Å²) in [5, 5.41) is 3.64. The van der Waals surface area contributed by atoms with E-state index in [0.717, 1.165) is 32.3 Å². The third kappa shape index (κ3) is 4.57. The first-order valence-electron chi connectivity index (χ1n) is 7.31. The van der Waals surface area contributed by atoms with Crippen LogP contribution >= 0.6 is 0 Å². The Balaban J connectivity index is 1.74. The van der Waals surface area contributed by atoms with E-state index in [1.165, 1.54) is 38.5 Å². The molecule has 2 atom stereocenters. The molecule has 2 saturated heterocycles. The summed E-state index contributed by atoms with van der Waals surface area (Å²) in [6, 6.07) is 0.645. The molecule has 2 aliphatic rings. The summed E-state index contributed by atoms with van der Waals surface area (Å²) in [7, 11) is 0. The van der Waals surface area contributed by atoms with Crippen LogP contribution in [0.15, 0.2) is 0 Å². The van der Waals surface area contributed by atoms with Crippen LogP contribution in [0.1, 0.15) is 45.4 Å². The number of ether oxygens (including phenoxy) is 2. The van der Waals surface area contributed by atoms with E-state index >= 15 is 0 Å². The first kappa shape index (κ1) is 13.3. The fourth-order valence-corrected chi connectivity index (χ4v) is 3.08. The van der Waals surface area contributed by atoms with Crippen LogP contribution in [0.25, 0.3) is 0 Å². The monoisotopic (exact) mass is 241 g/mol. The van der Waals surface area contributed by atoms with Gasteiger partial charge in [0.1, 0.15) is 0 Å². The van der Waals surface area contributed by atoms with E-state index in [4.69, 9.17) is 9.47 Å². The highest BCUT2D eigenvalue weighted by Gasteiger charge is 2.23. The van der Waals surface area contributed by atoms with Gasteiger partial charge in [0.2, 0.25) is 0 Å². The van der Waals surface area contributed by atoms with Gasteiger partial charge >= 0.3 is 0 Å². The number of hydrogen-bond donors (Lipinski definition) is 1. The molecule has 2 heterocycles. The average Bonchev–Trinajstić information content (AvgIpc) is 2.83. The second-order valence-corrected chi connectivity index (χ2v) is 5.42. The van der Waals surface area contributed by atoms with Crippen molar-refractivity contribution in [1.29, 1.82) is 0 Å². The third-order valence-corrected chi connectivity index (χ3v) is 4.02. The fourth-order valence-electron chi connectivity index (χ4n) is 3.08. The van der Waals surface area contributed by atoms with Crippen LogP contribution in [0.2, 0.25) is 0 Å². The Bertz CT molecular complexity index is 198. The summed E-state index contributed by atoms with van der Waals surface area (Å²) in [5.41, 5.74) is 0. The molecule has 0 bridgehead atoms. The zero-order valence-electron chi connectivity index (χ0n) is 11.1. The Kier molecular flexibility index (Phi) is 5.75. The third-order valence-electron chi connectivity index (χ3n) is 4.02. The van der Waals surface area contributed by atoms with Crippen molar-refractivity contribution in [2.45, 2.75) is 57.6 Å². The van der Waals surface area contributed by atoms with Gasteiger partial charge in [-0.3, -0.25) is 0 Å². The SMILES string of the molecule is CCNC(CC1CCOCC1)CC1CCCO1. The van der Waals surface area contributed by atoms with E-state index in [-0.39, 0.29) is 0 Å². The van der Waals surface area contributed by atoms with E-state index < -0.39 is 0 Å². The molecule has 100 valence electrons. The van der Waals surface area contributed by atoms with Gasteiger partial charge in [0, 0.05) is 25.9 Å². The van der Waals surface area contributed by atoms with Gasteiger partial charge in [-0.1, -0.05) is 6.92 Å². The highest BCUT2D eigenvalue weighted by Crippen LogP contribution is 2.24. The first-order chi connectivity index (χ1) is 8.38. The number of rotatable bonds is 6. The van der Waals surface area contributed by atoms with Gasteiger partial charge < -0.3 is 14.8 Å². The maximum absolute atomic E-state index is 5.75. The van der Waals surface area contributed by atoms with Gasteiger partial charge in [0.15, 0.2) is 0 Å². The predicted octanol–water partition coefficient (Wildman–Crippen LogP) is 2.35. The van der Waals surface area contributed by atoms with E-state index in [9.17, 15) is 0 Å². The second-order valence-electron chi connectivity index (χ2n) is 5.42. The normalized spacial score (nSPS) is 28.4. The molecule has 0 amide bonds. The maximum atomic E-state index is 5.75. The maximum Gasteiger partial charge on any atom is 0.0590 e. The van der Waals surface area contributed by atoms with Gasteiger partial charge in [-0.05, 0) is 51.0 Å². The van der Waals surface area contributed by atoms with Crippen molar-refractivity contribution in [2.75, 3.05) is 26.4 Å². The van der Waals surface area contributed by atoms with Gasteiger partial charge in [0.05, 0.1) is 6.10 Å². The molecule has 2 rings (SSSR count). The van der Waals surface area contributed by atoms with Gasteiger partial charge in [0.25, 0.3) is 0 Å². The van der Waals surface area contributed by atoms with Crippen LogP contribution in [0.4, 0.5) is 0 Å². The molecule has 2 fully saturated rings. The van der Waals surface area contributed by atoms with Crippen molar-refractivity contribution in [3.05, 3.63) is 0 Å². The zero-order valence-corrected chi connectivity index (χ0v) is 11.1. The molecule has 3 heteroatoms. The van der Waals surface area contributed by atoms with Gasteiger partial charge in [-0.2, -0.15) is 0 Å². The molecular weight excluding hydrogens is 214 g/mol. The lowest BCUT2D eigenvalue weighted by molar-refractivity contribution is 0.0539. The van der Waals surface area contributed by atoms with Crippen LogP contribution in [0, 0.1) is 5.92 Å². The molecule has 0 aromatic heterocycles. The quantitative estimate of drug-likeness (QED) is 0.774. The molecule has 3 nitrogen and oxygen atoms in total. The van der Waals surface area contributed by atoms with Gasteiger partial charge in [-0.25, -0.2) is 0 Å². The van der Waals surface area contributed by atoms with E-state index in [0.29, 0.717) is 12.1 Å². The minimum atomic E-state index is 0.513. The molecule has 2 aliphatic heterocycles. The number of nitrogens with one attached hydrogen (secondary N) is 1. The van der Waals surface area contributed by atoms with Crippen molar-refractivity contribution in [2.24, 2.45) is 5.92 Å². The molecule has 0 radical (unpaired) electrons. The summed E-state index contributed by atoms with van der Waals surface area (Å²) >= 11 is 0. The van der Waals surface area contributed by atoms with Crippen molar-refractivity contribution in [3.63, 3.8) is 0 Å². The zero-order chi connectivity index (χ0) is 11.9. The van der Waals surface area contributed by atoms with E-state index in [1.54, 1.807) is 0 Å². The number of hydrogen-bond acceptors (Lipinski definition) is 3. The molecule has 0 aromatic rings. The smallest absolute Gasteiger partial charge is 0.0590 e. The van der Waals surface area contributed by atoms with Gasteiger partial charge in [-0.15, -0.1) is 0 Å². The summed E-state index contributed by atoms with van der Waals surface area (Å²) in [5.74, 6) is 0.856. The Morgan fingerprint density at radius 3 is 2.59 bits per heavy atom. The van der Waals surface area contributed by atoms with Crippen LogP contribution < -0.4 is 5.32 Å². The topological polar surface area (TPSA) is 30.5 Å². The lowest BCUT2D eigenvalue weighted by atomic mass is 9.90. The molecule has 17 heavy (non-hydrogen) atoms. The summed E-state index contributed by atoms with van der Waals surface area (Å²) in [4.78, 5) is 0. The van der Waals surface area contributed by atoms with Crippen molar-refractivity contribution in [3.8, 4) is 0 Å². The Morgan fingerprint density at radius 1 is 1.12 bits per heavy atom. The first-order valence-corrected chi connectivity index (χ1v) is 7.31. The minimum Gasteiger partial charge on any atom is -0.381 e. The summed E-state index contributed by atoms with van der Waals surface area (Å²) in [6.07, 6.45) is 8.01.